The van der Waals surface area contributed by atoms with Crippen LogP contribution in [-0.2, 0) is 19.1 Å². The smallest absolute Gasteiger partial charge is 0.341 e. The van der Waals surface area contributed by atoms with Gasteiger partial charge in [0, 0.05) is 7.11 Å². The summed E-state index contributed by atoms with van der Waals surface area (Å²) < 4.78 is 21.3. The molecular formula is C17H21BrO6. The lowest BCUT2D eigenvalue weighted by atomic mass is 10.1. The summed E-state index contributed by atoms with van der Waals surface area (Å²) >= 11 is 3.40. The van der Waals surface area contributed by atoms with Crippen LogP contribution in [-0.4, -0.2) is 45.8 Å². The molecule has 0 unspecified atom stereocenters. The Morgan fingerprint density at radius 2 is 1.92 bits per heavy atom. The first-order chi connectivity index (χ1) is 11.4. The summed E-state index contributed by atoms with van der Waals surface area (Å²) in [6, 6.07) is 3.42. The number of carbonyl (C=O) groups excluding carboxylic acids is 2. The lowest BCUT2D eigenvalue weighted by Gasteiger charge is -2.12. The van der Waals surface area contributed by atoms with Gasteiger partial charge in [0.25, 0.3) is 0 Å². The van der Waals surface area contributed by atoms with Crippen molar-refractivity contribution in [1.29, 1.82) is 0 Å². The lowest BCUT2D eigenvalue weighted by Crippen LogP contribution is -2.16. The Morgan fingerprint density at radius 3 is 2.46 bits per heavy atom. The van der Waals surface area contributed by atoms with E-state index in [1.165, 1.54) is 27.2 Å². The molecule has 24 heavy (non-hydrogen) atoms. The van der Waals surface area contributed by atoms with Crippen LogP contribution in [0.15, 0.2) is 22.2 Å². The van der Waals surface area contributed by atoms with Crippen LogP contribution in [0.4, 0.5) is 0 Å². The molecule has 0 aliphatic heterocycles. The van der Waals surface area contributed by atoms with Crippen LogP contribution >= 0.6 is 15.9 Å². The molecule has 0 saturated heterocycles. The second-order valence-corrected chi connectivity index (χ2v) is 5.56. The third-order valence-corrected chi connectivity index (χ3v) is 3.56. The van der Waals surface area contributed by atoms with Crippen LogP contribution in [0.25, 0.3) is 6.08 Å². The first-order valence-corrected chi connectivity index (χ1v) is 8.12. The van der Waals surface area contributed by atoms with E-state index in [1.54, 1.807) is 12.1 Å². The summed E-state index contributed by atoms with van der Waals surface area (Å²) in [4.78, 5) is 23.8. The Balaban J connectivity index is 3.16. The minimum atomic E-state index is -0.691. The average molecular weight is 401 g/mol. The van der Waals surface area contributed by atoms with E-state index in [2.05, 4.69) is 15.9 Å². The first kappa shape index (κ1) is 20.2. The van der Waals surface area contributed by atoms with Gasteiger partial charge in [-0.1, -0.05) is 0 Å². The molecule has 1 aromatic carbocycles. The summed E-state index contributed by atoms with van der Waals surface area (Å²) in [6.07, 6.45) is 1.46. The normalized spacial score (nSPS) is 11.1. The number of carbonyl (C=O) groups is 2. The standard InChI is InChI=1S/C17H21BrO6/c1-5-23-16-14(18)9-12(10-15(16)22-4)8-13(11(2)19)17(20)24-7-6-21-3/h8-10H,5-7H2,1-4H3/b13-8+. The topological polar surface area (TPSA) is 71.1 Å². The molecule has 0 aliphatic carbocycles. The zero-order valence-electron chi connectivity index (χ0n) is 14.2. The molecule has 0 heterocycles. The summed E-state index contributed by atoms with van der Waals surface area (Å²) in [5, 5.41) is 0. The van der Waals surface area contributed by atoms with Crippen molar-refractivity contribution in [1.82, 2.24) is 0 Å². The summed E-state index contributed by atoms with van der Waals surface area (Å²) in [6.45, 7) is 4.00. The highest BCUT2D eigenvalue weighted by molar-refractivity contribution is 9.10. The fourth-order valence-electron chi connectivity index (χ4n) is 1.87. The van der Waals surface area contributed by atoms with E-state index in [4.69, 9.17) is 18.9 Å². The Kier molecular flexibility index (Phi) is 8.49. The number of hydrogen-bond donors (Lipinski definition) is 0. The second kappa shape index (κ2) is 10.1. The van der Waals surface area contributed by atoms with E-state index in [9.17, 15) is 9.59 Å². The molecule has 0 spiro atoms. The number of methoxy groups -OCH3 is 2. The number of ketones is 1. The van der Waals surface area contributed by atoms with Crippen LogP contribution in [0.2, 0.25) is 0 Å². The van der Waals surface area contributed by atoms with Crippen molar-refractivity contribution in [2.75, 3.05) is 34.0 Å². The van der Waals surface area contributed by atoms with Gasteiger partial charge in [0.2, 0.25) is 0 Å². The van der Waals surface area contributed by atoms with Crippen molar-refractivity contribution in [2.45, 2.75) is 13.8 Å². The Hall–Kier alpha value is -1.86. The van der Waals surface area contributed by atoms with E-state index in [0.29, 0.717) is 28.1 Å². The molecule has 0 fully saturated rings. The molecule has 0 N–H and O–H groups in total. The van der Waals surface area contributed by atoms with Gasteiger partial charge in [0.15, 0.2) is 17.3 Å². The van der Waals surface area contributed by atoms with Gasteiger partial charge in [-0.25, -0.2) is 4.79 Å². The second-order valence-electron chi connectivity index (χ2n) is 4.71. The van der Waals surface area contributed by atoms with Crippen molar-refractivity contribution in [3.8, 4) is 11.5 Å². The van der Waals surface area contributed by atoms with Crippen LogP contribution in [0.5, 0.6) is 11.5 Å². The Bertz CT molecular complexity index is 624. The minimum absolute atomic E-state index is 0.0517. The van der Waals surface area contributed by atoms with Gasteiger partial charge in [-0.3, -0.25) is 4.79 Å². The zero-order valence-corrected chi connectivity index (χ0v) is 15.8. The summed E-state index contributed by atoms with van der Waals surface area (Å²) in [5.41, 5.74) is 0.556. The maximum Gasteiger partial charge on any atom is 0.341 e. The molecule has 0 amide bonds. The van der Waals surface area contributed by atoms with Crippen molar-refractivity contribution in [3.63, 3.8) is 0 Å². The molecule has 0 aliphatic rings. The van der Waals surface area contributed by atoms with E-state index in [1.807, 2.05) is 6.92 Å². The lowest BCUT2D eigenvalue weighted by molar-refractivity contribution is -0.141. The summed E-state index contributed by atoms with van der Waals surface area (Å²) in [5.74, 6) is -0.0257. The molecule has 7 heteroatoms. The number of hydrogen-bond acceptors (Lipinski definition) is 6. The van der Waals surface area contributed by atoms with E-state index in [-0.39, 0.29) is 24.6 Å². The van der Waals surface area contributed by atoms with Gasteiger partial charge in [-0.05, 0) is 53.5 Å². The third kappa shape index (κ3) is 5.65. The highest BCUT2D eigenvalue weighted by Gasteiger charge is 2.17. The van der Waals surface area contributed by atoms with Crippen LogP contribution in [0.1, 0.15) is 19.4 Å². The van der Waals surface area contributed by atoms with Gasteiger partial charge in [-0.2, -0.15) is 0 Å². The molecule has 1 rings (SSSR count). The largest absolute Gasteiger partial charge is 0.493 e. The molecule has 1 aromatic rings. The van der Waals surface area contributed by atoms with Crippen LogP contribution < -0.4 is 9.47 Å². The maximum absolute atomic E-state index is 12.0. The van der Waals surface area contributed by atoms with Crippen molar-refractivity contribution < 1.29 is 28.5 Å². The van der Waals surface area contributed by atoms with Crippen molar-refractivity contribution in [3.05, 3.63) is 27.7 Å². The molecule has 0 radical (unpaired) electrons. The predicted octanol–water partition coefficient (Wildman–Crippen LogP) is 3.02. The highest BCUT2D eigenvalue weighted by atomic mass is 79.9. The quantitative estimate of drug-likeness (QED) is 0.208. The van der Waals surface area contributed by atoms with Crippen LogP contribution in [0, 0.1) is 0 Å². The molecule has 0 saturated carbocycles. The molecule has 0 atom stereocenters. The van der Waals surface area contributed by atoms with Gasteiger partial charge in [-0.15, -0.1) is 0 Å². The fourth-order valence-corrected chi connectivity index (χ4v) is 2.45. The summed E-state index contributed by atoms with van der Waals surface area (Å²) in [7, 11) is 3.02. The number of Topliss-reactive ketones (excluding diaryl/α,β-unsaturated/α-hetero) is 1. The number of rotatable bonds is 9. The maximum atomic E-state index is 12.0. The predicted molar refractivity (Wildman–Crippen MR) is 93.4 cm³/mol. The SMILES string of the molecule is CCOc1c(Br)cc(/C=C(\C(C)=O)C(=O)OCCOC)cc1OC. The van der Waals surface area contributed by atoms with E-state index in [0.717, 1.165) is 0 Å². The molecule has 0 bridgehead atoms. The van der Waals surface area contributed by atoms with Gasteiger partial charge in [0.1, 0.15) is 12.2 Å². The van der Waals surface area contributed by atoms with Gasteiger partial charge < -0.3 is 18.9 Å². The van der Waals surface area contributed by atoms with Gasteiger partial charge in [0.05, 0.1) is 24.8 Å². The van der Waals surface area contributed by atoms with Crippen molar-refractivity contribution >= 4 is 33.8 Å². The monoisotopic (exact) mass is 400 g/mol. The first-order valence-electron chi connectivity index (χ1n) is 7.33. The van der Waals surface area contributed by atoms with E-state index < -0.39 is 5.97 Å². The van der Waals surface area contributed by atoms with Gasteiger partial charge >= 0.3 is 5.97 Å². The average Bonchev–Trinajstić information content (AvgIpc) is 2.54. The number of esters is 1. The highest BCUT2D eigenvalue weighted by Crippen LogP contribution is 2.37. The number of halogens is 1. The molecule has 132 valence electrons. The fraction of sp³-hybridized carbons (Fsp3) is 0.412. The number of benzene rings is 1. The Morgan fingerprint density at radius 1 is 1.21 bits per heavy atom. The van der Waals surface area contributed by atoms with E-state index >= 15 is 0 Å². The number of ether oxygens (including phenoxy) is 4. The third-order valence-electron chi connectivity index (χ3n) is 2.97. The van der Waals surface area contributed by atoms with Crippen LogP contribution in [0.3, 0.4) is 0 Å². The molecular weight excluding hydrogens is 380 g/mol. The van der Waals surface area contributed by atoms with Crippen molar-refractivity contribution in [2.24, 2.45) is 0 Å². The zero-order chi connectivity index (χ0) is 18.1. The molecule has 0 aromatic heterocycles. The molecule has 6 nitrogen and oxygen atoms in total. The Labute approximate surface area is 149 Å². The minimum Gasteiger partial charge on any atom is -0.493 e.